The highest BCUT2D eigenvalue weighted by Gasteiger charge is 2.31. The average molecular weight is 381 g/mol. The summed E-state index contributed by atoms with van der Waals surface area (Å²) < 4.78 is 5.75. The summed E-state index contributed by atoms with van der Waals surface area (Å²) in [5, 5.41) is 6.18. The van der Waals surface area contributed by atoms with Crippen LogP contribution < -0.4 is 15.4 Å². The number of carbonyl (C=O) groups is 2. The van der Waals surface area contributed by atoms with Crippen LogP contribution >= 0.6 is 11.8 Å². The zero-order valence-corrected chi connectivity index (χ0v) is 15.3. The number of hydrogen-bond donors (Lipinski definition) is 3. The number of H-pyrrole nitrogens is 1. The van der Waals surface area contributed by atoms with Gasteiger partial charge in [-0.3, -0.25) is 14.9 Å². The molecule has 3 N–H and O–H groups in total. The van der Waals surface area contributed by atoms with Crippen molar-refractivity contribution in [1.82, 2.24) is 10.3 Å². The molecule has 1 aromatic heterocycles. The topological polar surface area (TPSA) is 83.2 Å². The maximum Gasteiger partial charge on any atom is 0.286 e. The third kappa shape index (κ3) is 4.25. The second-order valence-electron chi connectivity index (χ2n) is 6.28. The fourth-order valence-electron chi connectivity index (χ4n) is 2.99. The Kier molecular flexibility index (Phi) is 5.02. The number of ether oxygens (including phenoxy) is 1. The van der Waals surface area contributed by atoms with Crippen LogP contribution in [-0.2, 0) is 11.2 Å². The predicted octanol–water partition coefficient (Wildman–Crippen LogP) is 3.55. The number of nitrogens with one attached hydrogen (secondary N) is 3. The Hall–Kier alpha value is -2.93. The lowest BCUT2D eigenvalue weighted by molar-refractivity contribution is -0.118. The number of anilines is 1. The van der Waals surface area contributed by atoms with Gasteiger partial charge in [0.1, 0.15) is 18.2 Å². The summed E-state index contributed by atoms with van der Waals surface area (Å²) in [6.45, 7) is 1.21. The molecule has 1 aliphatic heterocycles. The van der Waals surface area contributed by atoms with E-state index >= 15 is 0 Å². The molecule has 138 valence electrons. The van der Waals surface area contributed by atoms with Gasteiger partial charge in [-0.25, -0.2) is 0 Å². The van der Waals surface area contributed by atoms with Crippen molar-refractivity contribution in [3.63, 3.8) is 0 Å². The fourth-order valence-corrected chi connectivity index (χ4v) is 3.85. The van der Waals surface area contributed by atoms with E-state index in [1.165, 1.54) is 5.39 Å². The Morgan fingerprint density at radius 3 is 2.63 bits per heavy atom. The first kappa shape index (κ1) is 17.5. The summed E-state index contributed by atoms with van der Waals surface area (Å²) in [4.78, 5) is 26.1. The number of imide groups is 1. The third-order valence-corrected chi connectivity index (χ3v) is 5.31. The molecule has 1 unspecified atom stereocenters. The van der Waals surface area contributed by atoms with Crippen molar-refractivity contribution in [2.45, 2.75) is 11.7 Å². The van der Waals surface area contributed by atoms with Crippen molar-refractivity contribution in [1.29, 1.82) is 0 Å². The molecule has 27 heavy (non-hydrogen) atoms. The highest BCUT2D eigenvalue weighted by atomic mass is 32.2. The lowest BCUT2D eigenvalue weighted by atomic mass is 10.1. The molecule has 1 saturated heterocycles. The molecule has 2 aromatic carbocycles. The monoisotopic (exact) mass is 381 g/mol. The summed E-state index contributed by atoms with van der Waals surface area (Å²) in [6, 6.07) is 17.8. The Morgan fingerprint density at radius 1 is 1.07 bits per heavy atom. The van der Waals surface area contributed by atoms with Gasteiger partial charge in [0.05, 0.1) is 11.8 Å². The number of carbonyl (C=O) groups excluding carboxylic acids is 2. The van der Waals surface area contributed by atoms with E-state index in [0.29, 0.717) is 19.6 Å². The summed E-state index contributed by atoms with van der Waals surface area (Å²) in [7, 11) is 0. The number of rotatable bonds is 7. The second kappa shape index (κ2) is 7.75. The molecule has 2 amide bonds. The summed E-state index contributed by atoms with van der Waals surface area (Å²) >= 11 is 1.05. The van der Waals surface area contributed by atoms with Gasteiger partial charge in [-0.05, 0) is 36.2 Å². The van der Waals surface area contributed by atoms with E-state index in [2.05, 4.69) is 27.8 Å². The Balaban J connectivity index is 1.24. The first-order chi connectivity index (χ1) is 13.2. The van der Waals surface area contributed by atoms with E-state index in [4.69, 9.17) is 4.74 Å². The summed E-state index contributed by atoms with van der Waals surface area (Å²) in [6.07, 6.45) is 0.532. The van der Waals surface area contributed by atoms with Gasteiger partial charge >= 0.3 is 0 Å². The van der Waals surface area contributed by atoms with Crippen LogP contribution in [0.2, 0.25) is 0 Å². The van der Waals surface area contributed by atoms with Gasteiger partial charge in [0.2, 0.25) is 5.91 Å². The SMILES string of the molecule is O=C1NC(=O)C(Cc2ccc(OCCNc3cc4ccccc4[nH]3)cc2)S1. The Morgan fingerprint density at radius 2 is 1.89 bits per heavy atom. The van der Waals surface area contributed by atoms with E-state index < -0.39 is 0 Å². The molecule has 1 atom stereocenters. The molecule has 6 nitrogen and oxygen atoms in total. The van der Waals surface area contributed by atoms with Crippen molar-refractivity contribution in [2.24, 2.45) is 0 Å². The van der Waals surface area contributed by atoms with Crippen LogP contribution in [0.4, 0.5) is 10.6 Å². The molecule has 1 aliphatic rings. The van der Waals surface area contributed by atoms with E-state index in [9.17, 15) is 9.59 Å². The van der Waals surface area contributed by atoms with Gasteiger partial charge < -0.3 is 15.0 Å². The minimum atomic E-state index is -0.343. The number of aromatic amines is 1. The number of hydrogen-bond acceptors (Lipinski definition) is 5. The molecule has 0 saturated carbocycles. The quantitative estimate of drug-likeness (QED) is 0.545. The number of benzene rings is 2. The van der Waals surface area contributed by atoms with Crippen molar-refractivity contribution in [3.8, 4) is 5.75 Å². The standard InChI is InChI=1S/C20H19N3O3S/c24-19-17(27-20(25)23-19)11-13-5-7-15(8-6-13)26-10-9-21-18-12-14-3-1-2-4-16(14)22-18/h1-8,12,17,21-22H,9-11H2,(H,23,24,25). The number of aromatic nitrogens is 1. The molecule has 0 aliphatic carbocycles. The van der Waals surface area contributed by atoms with Crippen LogP contribution in [0.3, 0.4) is 0 Å². The zero-order valence-electron chi connectivity index (χ0n) is 14.5. The molecule has 4 rings (SSSR count). The van der Waals surface area contributed by atoms with Gasteiger partial charge in [0.25, 0.3) is 5.24 Å². The van der Waals surface area contributed by atoms with Crippen LogP contribution in [-0.4, -0.2) is 34.5 Å². The van der Waals surface area contributed by atoms with Crippen LogP contribution in [0.5, 0.6) is 5.75 Å². The van der Waals surface area contributed by atoms with E-state index in [0.717, 1.165) is 34.4 Å². The maximum absolute atomic E-state index is 11.6. The fraction of sp³-hybridized carbons (Fsp3) is 0.200. The van der Waals surface area contributed by atoms with Crippen LogP contribution in [0.25, 0.3) is 10.9 Å². The number of fused-ring (bicyclic) bond motifs is 1. The number of thioether (sulfide) groups is 1. The lowest BCUT2D eigenvalue weighted by Crippen LogP contribution is -2.25. The van der Waals surface area contributed by atoms with Crippen molar-refractivity contribution in [2.75, 3.05) is 18.5 Å². The second-order valence-corrected chi connectivity index (χ2v) is 7.45. The van der Waals surface area contributed by atoms with Crippen LogP contribution in [0, 0.1) is 0 Å². The predicted molar refractivity (Wildman–Crippen MR) is 107 cm³/mol. The molecule has 0 bridgehead atoms. The van der Waals surface area contributed by atoms with Crippen molar-refractivity contribution in [3.05, 3.63) is 60.2 Å². The summed E-state index contributed by atoms with van der Waals surface area (Å²) in [5.41, 5.74) is 2.10. The largest absolute Gasteiger partial charge is 0.492 e. The molecule has 7 heteroatoms. The minimum absolute atomic E-state index is 0.214. The van der Waals surface area contributed by atoms with E-state index in [1.807, 2.05) is 42.5 Å². The Bertz CT molecular complexity index is 935. The highest BCUT2D eigenvalue weighted by molar-refractivity contribution is 8.15. The molecular formula is C20H19N3O3S. The van der Waals surface area contributed by atoms with Crippen molar-refractivity contribution < 1.29 is 14.3 Å². The highest BCUT2D eigenvalue weighted by Crippen LogP contribution is 2.24. The first-order valence-corrected chi connectivity index (χ1v) is 9.60. The smallest absolute Gasteiger partial charge is 0.286 e. The van der Waals surface area contributed by atoms with Gasteiger partial charge in [-0.15, -0.1) is 0 Å². The Labute approximate surface area is 160 Å². The molecule has 2 heterocycles. The maximum atomic E-state index is 11.6. The van der Waals surface area contributed by atoms with Crippen LogP contribution in [0.1, 0.15) is 5.56 Å². The van der Waals surface area contributed by atoms with E-state index in [-0.39, 0.29) is 16.4 Å². The average Bonchev–Trinajstić information content (AvgIpc) is 3.22. The summed E-state index contributed by atoms with van der Waals surface area (Å²) in [5.74, 6) is 1.53. The molecule has 0 spiro atoms. The molecule has 3 aromatic rings. The molecule has 1 fully saturated rings. The van der Waals surface area contributed by atoms with Crippen LogP contribution in [0.15, 0.2) is 54.6 Å². The van der Waals surface area contributed by atoms with Gasteiger partial charge in [-0.2, -0.15) is 0 Å². The number of amides is 2. The van der Waals surface area contributed by atoms with Gasteiger partial charge in [0.15, 0.2) is 0 Å². The van der Waals surface area contributed by atoms with Gasteiger partial charge in [-0.1, -0.05) is 42.1 Å². The lowest BCUT2D eigenvalue weighted by Gasteiger charge is -2.09. The number of para-hydroxylation sites is 1. The van der Waals surface area contributed by atoms with Crippen molar-refractivity contribution >= 4 is 39.6 Å². The van der Waals surface area contributed by atoms with Gasteiger partial charge in [0, 0.05) is 10.9 Å². The molecule has 0 radical (unpaired) electrons. The minimum Gasteiger partial charge on any atom is -0.492 e. The van der Waals surface area contributed by atoms with E-state index in [1.54, 1.807) is 0 Å². The normalized spacial score (nSPS) is 16.5. The zero-order chi connectivity index (χ0) is 18.6. The molecular weight excluding hydrogens is 362 g/mol. The first-order valence-electron chi connectivity index (χ1n) is 8.72. The third-order valence-electron chi connectivity index (χ3n) is 4.33.